The molecule has 2 aromatic carbocycles. The summed E-state index contributed by atoms with van der Waals surface area (Å²) in [7, 11) is 1.74. The number of hydrogen-bond donors (Lipinski definition) is 2. The Bertz CT molecular complexity index is 727. The summed E-state index contributed by atoms with van der Waals surface area (Å²) in [6.07, 6.45) is 0.972. The van der Waals surface area contributed by atoms with Gasteiger partial charge in [0, 0.05) is 25.0 Å². The van der Waals surface area contributed by atoms with E-state index >= 15 is 0 Å². The first kappa shape index (κ1) is 22.3. The molecule has 0 aliphatic carbocycles. The number of nitrogens with zero attached hydrogens (tertiary/aromatic N) is 2. The van der Waals surface area contributed by atoms with Crippen molar-refractivity contribution >= 4 is 41.7 Å². The highest BCUT2D eigenvalue weighted by atomic mass is 127. The van der Waals surface area contributed by atoms with Crippen molar-refractivity contribution in [3.05, 3.63) is 65.5 Å². The Labute approximate surface area is 175 Å². The topological polar surface area (TPSA) is 60.2 Å². The lowest BCUT2D eigenvalue weighted by atomic mass is 10.1. The first-order valence-electron chi connectivity index (χ1n) is 8.03. The van der Waals surface area contributed by atoms with Crippen LogP contribution in [-0.4, -0.2) is 25.3 Å². The maximum atomic E-state index is 12.8. The molecule has 4 nitrogen and oxygen atoms in total. The summed E-state index contributed by atoms with van der Waals surface area (Å²) in [5, 5.41) is 15.3. The Morgan fingerprint density at radius 3 is 2.42 bits per heavy atom. The predicted molar refractivity (Wildman–Crippen MR) is 117 cm³/mol. The second kappa shape index (κ2) is 12.5. The van der Waals surface area contributed by atoms with E-state index in [1.165, 1.54) is 12.1 Å². The van der Waals surface area contributed by atoms with Crippen molar-refractivity contribution in [1.29, 1.82) is 5.26 Å². The molecule has 0 aromatic heterocycles. The van der Waals surface area contributed by atoms with E-state index in [1.807, 2.05) is 12.1 Å². The fourth-order valence-corrected chi connectivity index (χ4v) is 2.96. The van der Waals surface area contributed by atoms with Crippen molar-refractivity contribution < 1.29 is 4.39 Å². The van der Waals surface area contributed by atoms with Crippen molar-refractivity contribution in [2.24, 2.45) is 4.99 Å². The van der Waals surface area contributed by atoms with E-state index in [1.54, 1.807) is 43.1 Å². The van der Waals surface area contributed by atoms with Gasteiger partial charge in [-0.1, -0.05) is 12.1 Å². The van der Waals surface area contributed by atoms with Crippen molar-refractivity contribution in [3.8, 4) is 6.07 Å². The maximum Gasteiger partial charge on any atom is 0.191 e. The van der Waals surface area contributed by atoms with Crippen LogP contribution in [0.25, 0.3) is 0 Å². The summed E-state index contributed by atoms with van der Waals surface area (Å²) < 4.78 is 12.8. The lowest BCUT2D eigenvalue weighted by molar-refractivity contribution is 0.626. The van der Waals surface area contributed by atoms with Crippen LogP contribution < -0.4 is 10.6 Å². The van der Waals surface area contributed by atoms with Crippen molar-refractivity contribution in [1.82, 2.24) is 10.6 Å². The third-order valence-corrected chi connectivity index (χ3v) is 4.56. The molecule has 0 aliphatic rings. The molecule has 0 spiro atoms. The average Bonchev–Trinajstić information content (AvgIpc) is 2.66. The van der Waals surface area contributed by atoms with Gasteiger partial charge in [0.15, 0.2) is 5.96 Å². The fraction of sp³-hybridized carbons (Fsp3) is 0.263. The molecule has 0 fully saturated rings. The number of aliphatic imine (C=N–C) groups is 1. The molecule has 0 unspecified atom stereocenters. The van der Waals surface area contributed by atoms with Crippen LogP contribution in [0.15, 0.2) is 58.4 Å². The second-order valence-electron chi connectivity index (χ2n) is 5.32. The Kier molecular flexibility index (Phi) is 10.7. The summed E-state index contributed by atoms with van der Waals surface area (Å²) >= 11 is 1.71. The van der Waals surface area contributed by atoms with E-state index in [9.17, 15) is 4.39 Å². The van der Waals surface area contributed by atoms with Crippen LogP contribution in [-0.2, 0) is 6.54 Å². The molecule has 0 saturated carbocycles. The minimum absolute atomic E-state index is 0. The Balaban J connectivity index is 0.00000338. The molecule has 0 atom stereocenters. The molecular formula is C19H22FIN4S. The van der Waals surface area contributed by atoms with Gasteiger partial charge in [0.1, 0.15) is 5.82 Å². The molecule has 0 bridgehead atoms. The van der Waals surface area contributed by atoms with E-state index in [2.05, 4.69) is 21.7 Å². The SMILES string of the molecule is CN=C(NCCCSc1ccc(F)cc1)NCc1ccc(C#N)cc1.I. The molecule has 0 amide bonds. The van der Waals surface area contributed by atoms with Crippen LogP contribution in [0.4, 0.5) is 4.39 Å². The zero-order valence-corrected chi connectivity index (χ0v) is 17.7. The van der Waals surface area contributed by atoms with Gasteiger partial charge >= 0.3 is 0 Å². The number of halogens is 2. The van der Waals surface area contributed by atoms with E-state index in [4.69, 9.17) is 5.26 Å². The molecule has 0 aliphatic heterocycles. The number of nitriles is 1. The van der Waals surface area contributed by atoms with Crippen LogP contribution in [0.5, 0.6) is 0 Å². The highest BCUT2D eigenvalue weighted by molar-refractivity contribution is 14.0. The lowest BCUT2D eigenvalue weighted by Gasteiger charge is -2.12. The number of hydrogen-bond acceptors (Lipinski definition) is 3. The van der Waals surface area contributed by atoms with Crippen molar-refractivity contribution in [2.45, 2.75) is 17.9 Å². The van der Waals surface area contributed by atoms with Crippen LogP contribution in [0.3, 0.4) is 0 Å². The van der Waals surface area contributed by atoms with Crippen LogP contribution in [0, 0.1) is 17.1 Å². The quantitative estimate of drug-likeness (QED) is 0.204. The molecule has 2 rings (SSSR count). The third kappa shape index (κ3) is 8.06. The van der Waals surface area contributed by atoms with E-state index in [-0.39, 0.29) is 29.8 Å². The van der Waals surface area contributed by atoms with Gasteiger partial charge in [-0.05, 0) is 54.1 Å². The summed E-state index contributed by atoms with van der Waals surface area (Å²) in [5.74, 6) is 1.49. The molecule has 0 heterocycles. The van der Waals surface area contributed by atoms with Gasteiger partial charge in [-0.15, -0.1) is 35.7 Å². The van der Waals surface area contributed by atoms with Gasteiger partial charge in [-0.2, -0.15) is 5.26 Å². The van der Waals surface area contributed by atoms with Crippen LogP contribution in [0.1, 0.15) is 17.5 Å². The molecule has 138 valence electrons. The summed E-state index contributed by atoms with van der Waals surface area (Å²) in [6, 6.07) is 16.1. The summed E-state index contributed by atoms with van der Waals surface area (Å²) in [5.41, 5.74) is 1.75. The lowest BCUT2D eigenvalue weighted by Crippen LogP contribution is -2.37. The zero-order chi connectivity index (χ0) is 17.9. The molecule has 0 radical (unpaired) electrons. The monoisotopic (exact) mass is 484 g/mol. The van der Waals surface area contributed by atoms with Crippen LogP contribution in [0.2, 0.25) is 0 Å². The normalized spacial score (nSPS) is 10.6. The first-order valence-corrected chi connectivity index (χ1v) is 9.02. The van der Waals surface area contributed by atoms with Gasteiger partial charge in [-0.3, -0.25) is 4.99 Å². The predicted octanol–water partition coefficient (Wildman–Crippen LogP) is 4.16. The van der Waals surface area contributed by atoms with Crippen molar-refractivity contribution in [2.75, 3.05) is 19.3 Å². The van der Waals surface area contributed by atoms with Gasteiger partial charge in [0.05, 0.1) is 11.6 Å². The first-order chi connectivity index (χ1) is 12.2. The number of nitrogens with one attached hydrogen (secondary N) is 2. The minimum Gasteiger partial charge on any atom is -0.356 e. The van der Waals surface area contributed by atoms with Gasteiger partial charge in [0.2, 0.25) is 0 Å². The second-order valence-corrected chi connectivity index (χ2v) is 6.49. The smallest absolute Gasteiger partial charge is 0.191 e. The highest BCUT2D eigenvalue weighted by Crippen LogP contribution is 2.18. The van der Waals surface area contributed by atoms with Gasteiger partial charge in [-0.25, -0.2) is 4.39 Å². The number of benzene rings is 2. The molecule has 2 aromatic rings. The third-order valence-electron chi connectivity index (χ3n) is 3.46. The maximum absolute atomic E-state index is 12.8. The largest absolute Gasteiger partial charge is 0.356 e. The minimum atomic E-state index is -0.205. The number of thioether (sulfide) groups is 1. The molecule has 0 saturated heterocycles. The summed E-state index contributed by atoms with van der Waals surface area (Å²) in [4.78, 5) is 5.27. The summed E-state index contributed by atoms with van der Waals surface area (Å²) in [6.45, 7) is 1.46. The number of rotatable bonds is 7. The Hall–Kier alpha value is -1.79. The highest BCUT2D eigenvalue weighted by Gasteiger charge is 2.00. The van der Waals surface area contributed by atoms with E-state index < -0.39 is 0 Å². The van der Waals surface area contributed by atoms with E-state index in [0.717, 1.165) is 35.1 Å². The molecule has 26 heavy (non-hydrogen) atoms. The standard InChI is InChI=1S/C19H21FN4S.HI/c1-22-19(24-14-16-5-3-15(13-21)4-6-16)23-11-2-12-25-18-9-7-17(20)8-10-18;/h3-10H,2,11-12,14H2,1H3,(H2,22,23,24);1H. The van der Waals surface area contributed by atoms with Gasteiger partial charge in [0.25, 0.3) is 0 Å². The van der Waals surface area contributed by atoms with E-state index in [0.29, 0.717) is 12.1 Å². The average molecular weight is 484 g/mol. The molecule has 2 N–H and O–H groups in total. The van der Waals surface area contributed by atoms with Crippen molar-refractivity contribution in [3.63, 3.8) is 0 Å². The number of guanidine groups is 1. The van der Waals surface area contributed by atoms with Gasteiger partial charge < -0.3 is 10.6 Å². The molecular weight excluding hydrogens is 462 g/mol. The van der Waals surface area contributed by atoms with Crippen LogP contribution >= 0.6 is 35.7 Å². The zero-order valence-electron chi connectivity index (χ0n) is 14.5. The molecule has 7 heteroatoms. The fourth-order valence-electron chi connectivity index (χ4n) is 2.10. The Morgan fingerprint density at radius 1 is 1.12 bits per heavy atom. The Morgan fingerprint density at radius 2 is 1.81 bits per heavy atom.